The molecule has 3 N–H and O–H groups in total. The third-order valence-corrected chi connectivity index (χ3v) is 5.20. The van der Waals surface area contributed by atoms with Gasteiger partial charge in [0, 0.05) is 16.8 Å². The molecule has 0 saturated heterocycles. The number of thiazole rings is 1. The van der Waals surface area contributed by atoms with Crippen molar-refractivity contribution in [1.82, 2.24) is 4.98 Å². The van der Waals surface area contributed by atoms with Crippen LogP contribution in [0, 0.1) is 6.92 Å². The SMILES string of the molecule is Cc1ccc(C(=O)Nc2ccc(N)cc2-c2nc3ccccc3s2)cc1. The maximum atomic E-state index is 12.6. The Bertz CT molecular complexity index is 1070. The Morgan fingerprint density at radius 3 is 2.58 bits per heavy atom. The van der Waals surface area contributed by atoms with Gasteiger partial charge in [0.05, 0.1) is 15.9 Å². The van der Waals surface area contributed by atoms with E-state index in [0.29, 0.717) is 16.9 Å². The summed E-state index contributed by atoms with van der Waals surface area (Å²) in [6, 6.07) is 20.9. The summed E-state index contributed by atoms with van der Waals surface area (Å²) >= 11 is 1.58. The number of nitrogens with one attached hydrogen (secondary N) is 1. The van der Waals surface area contributed by atoms with E-state index in [1.165, 1.54) is 0 Å². The van der Waals surface area contributed by atoms with Crippen molar-refractivity contribution in [3.63, 3.8) is 0 Å². The molecule has 0 spiro atoms. The van der Waals surface area contributed by atoms with Gasteiger partial charge in [-0.15, -0.1) is 11.3 Å². The molecule has 26 heavy (non-hydrogen) atoms. The van der Waals surface area contributed by atoms with Crippen LogP contribution in [0.1, 0.15) is 15.9 Å². The first-order valence-electron chi connectivity index (χ1n) is 8.24. The highest BCUT2D eigenvalue weighted by Crippen LogP contribution is 2.35. The number of hydrogen-bond donors (Lipinski definition) is 2. The molecule has 0 atom stereocenters. The van der Waals surface area contributed by atoms with Crippen LogP contribution in [0.5, 0.6) is 0 Å². The van der Waals surface area contributed by atoms with E-state index >= 15 is 0 Å². The van der Waals surface area contributed by atoms with Crippen LogP contribution in [0.3, 0.4) is 0 Å². The zero-order valence-electron chi connectivity index (χ0n) is 14.2. The number of carbonyl (C=O) groups is 1. The van der Waals surface area contributed by atoms with Gasteiger partial charge in [-0.3, -0.25) is 4.79 Å². The van der Waals surface area contributed by atoms with Gasteiger partial charge < -0.3 is 11.1 Å². The minimum atomic E-state index is -0.155. The van der Waals surface area contributed by atoms with Gasteiger partial charge >= 0.3 is 0 Å². The van der Waals surface area contributed by atoms with Crippen LogP contribution in [-0.4, -0.2) is 10.9 Å². The fourth-order valence-electron chi connectivity index (χ4n) is 2.73. The van der Waals surface area contributed by atoms with E-state index in [-0.39, 0.29) is 5.91 Å². The summed E-state index contributed by atoms with van der Waals surface area (Å²) in [4.78, 5) is 17.3. The molecular formula is C21H17N3OS. The molecule has 0 radical (unpaired) electrons. The Kier molecular flexibility index (Phi) is 4.14. The molecule has 0 aliphatic rings. The number of nitrogen functional groups attached to an aromatic ring is 1. The number of aryl methyl sites for hydroxylation is 1. The predicted molar refractivity (Wildman–Crippen MR) is 109 cm³/mol. The Labute approximate surface area is 155 Å². The molecule has 4 aromatic rings. The summed E-state index contributed by atoms with van der Waals surface area (Å²) in [6.07, 6.45) is 0. The molecule has 1 heterocycles. The number of fused-ring (bicyclic) bond motifs is 1. The number of amides is 1. The van der Waals surface area contributed by atoms with Crippen LogP contribution < -0.4 is 11.1 Å². The van der Waals surface area contributed by atoms with Crippen LogP contribution in [0.15, 0.2) is 66.7 Å². The minimum absolute atomic E-state index is 0.155. The van der Waals surface area contributed by atoms with Crippen molar-refractivity contribution >= 4 is 38.8 Å². The van der Waals surface area contributed by atoms with E-state index in [1.807, 2.05) is 67.6 Å². The van der Waals surface area contributed by atoms with Crippen molar-refractivity contribution in [2.75, 3.05) is 11.1 Å². The highest BCUT2D eigenvalue weighted by Gasteiger charge is 2.14. The van der Waals surface area contributed by atoms with Crippen LogP contribution >= 0.6 is 11.3 Å². The molecule has 128 valence electrons. The van der Waals surface area contributed by atoms with E-state index < -0.39 is 0 Å². The number of aromatic nitrogens is 1. The Balaban J connectivity index is 1.72. The summed E-state index contributed by atoms with van der Waals surface area (Å²) in [5.41, 5.74) is 10.8. The second kappa shape index (κ2) is 6.61. The summed E-state index contributed by atoms with van der Waals surface area (Å²) in [7, 11) is 0. The number of carbonyl (C=O) groups excluding carboxylic acids is 1. The summed E-state index contributed by atoms with van der Waals surface area (Å²) in [5, 5.41) is 3.82. The lowest BCUT2D eigenvalue weighted by Gasteiger charge is -2.10. The average molecular weight is 359 g/mol. The number of nitrogens with zero attached hydrogens (tertiary/aromatic N) is 1. The number of rotatable bonds is 3. The minimum Gasteiger partial charge on any atom is -0.399 e. The Hall–Kier alpha value is -3.18. The van der Waals surface area contributed by atoms with Crippen LogP contribution in [0.2, 0.25) is 0 Å². The van der Waals surface area contributed by atoms with Gasteiger partial charge in [-0.05, 0) is 49.4 Å². The van der Waals surface area contributed by atoms with E-state index in [0.717, 1.165) is 26.4 Å². The summed E-state index contributed by atoms with van der Waals surface area (Å²) in [6.45, 7) is 1.99. The lowest BCUT2D eigenvalue weighted by Crippen LogP contribution is -2.12. The van der Waals surface area contributed by atoms with Gasteiger partial charge in [-0.2, -0.15) is 0 Å². The number of para-hydroxylation sites is 1. The number of nitrogens with two attached hydrogens (primary N) is 1. The molecule has 3 aromatic carbocycles. The standard InChI is InChI=1S/C21H17N3OS/c1-13-6-8-14(9-7-13)20(25)23-17-11-10-15(22)12-16(17)21-24-18-4-2-3-5-19(18)26-21/h2-12H,22H2,1H3,(H,23,25). The fraction of sp³-hybridized carbons (Fsp3) is 0.0476. The molecule has 4 nitrogen and oxygen atoms in total. The summed E-state index contributed by atoms with van der Waals surface area (Å²) in [5.74, 6) is -0.155. The van der Waals surface area contributed by atoms with Crippen LogP contribution in [0.4, 0.5) is 11.4 Å². The van der Waals surface area contributed by atoms with E-state index in [1.54, 1.807) is 17.4 Å². The normalized spacial score (nSPS) is 10.8. The number of benzene rings is 3. The third kappa shape index (κ3) is 3.17. The lowest BCUT2D eigenvalue weighted by molar-refractivity contribution is 0.102. The molecule has 0 aliphatic carbocycles. The number of hydrogen-bond acceptors (Lipinski definition) is 4. The summed E-state index contributed by atoms with van der Waals surface area (Å²) < 4.78 is 1.10. The zero-order valence-corrected chi connectivity index (χ0v) is 15.0. The Morgan fingerprint density at radius 2 is 1.81 bits per heavy atom. The van der Waals surface area contributed by atoms with Crippen molar-refractivity contribution in [2.24, 2.45) is 0 Å². The fourth-order valence-corrected chi connectivity index (χ4v) is 3.73. The van der Waals surface area contributed by atoms with Gasteiger partial charge in [0.1, 0.15) is 5.01 Å². The van der Waals surface area contributed by atoms with Gasteiger partial charge in [-0.25, -0.2) is 4.98 Å². The van der Waals surface area contributed by atoms with Crippen molar-refractivity contribution in [3.8, 4) is 10.6 Å². The molecular weight excluding hydrogens is 342 g/mol. The van der Waals surface area contributed by atoms with Gasteiger partial charge in [-0.1, -0.05) is 29.8 Å². The van der Waals surface area contributed by atoms with Gasteiger partial charge in [0.15, 0.2) is 0 Å². The maximum Gasteiger partial charge on any atom is 0.255 e. The van der Waals surface area contributed by atoms with Gasteiger partial charge in [0.25, 0.3) is 5.91 Å². The molecule has 5 heteroatoms. The average Bonchev–Trinajstić information content (AvgIpc) is 3.07. The smallest absolute Gasteiger partial charge is 0.255 e. The Morgan fingerprint density at radius 1 is 1.04 bits per heavy atom. The van der Waals surface area contributed by atoms with Gasteiger partial charge in [0.2, 0.25) is 0 Å². The van der Waals surface area contributed by atoms with E-state index in [4.69, 9.17) is 5.73 Å². The molecule has 0 fully saturated rings. The van der Waals surface area contributed by atoms with Crippen LogP contribution in [-0.2, 0) is 0 Å². The second-order valence-electron chi connectivity index (χ2n) is 6.11. The highest BCUT2D eigenvalue weighted by molar-refractivity contribution is 7.21. The monoisotopic (exact) mass is 359 g/mol. The molecule has 1 amide bonds. The number of anilines is 2. The van der Waals surface area contributed by atoms with Crippen molar-refractivity contribution < 1.29 is 4.79 Å². The lowest BCUT2D eigenvalue weighted by atomic mass is 10.1. The quantitative estimate of drug-likeness (QED) is 0.500. The maximum absolute atomic E-state index is 12.6. The first-order chi connectivity index (χ1) is 12.6. The molecule has 4 rings (SSSR count). The molecule has 0 bridgehead atoms. The van der Waals surface area contributed by atoms with E-state index in [9.17, 15) is 4.79 Å². The van der Waals surface area contributed by atoms with E-state index in [2.05, 4.69) is 10.3 Å². The predicted octanol–water partition coefficient (Wildman–Crippen LogP) is 5.11. The highest BCUT2D eigenvalue weighted by atomic mass is 32.1. The zero-order chi connectivity index (χ0) is 18.1. The first kappa shape index (κ1) is 16.3. The largest absolute Gasteiger partial charge is 0.399 e. The second-order valence-corrected chi connectivity index (χ2v) is 7.14. The molecule has 1 aromatic heterocycles. The molecule has 0 aliphatic heterocycles. The third-order valence-electron chi connectivity index (χ3n) is 4.13. The van der Waals surface area contributed by atoms with Crippen LogP contribution in [0.25, 0.3) is 20.8 Å². The molecule has 0 saturated carbocycles. The van der Waals surface area contributed by atoms with Crippen molar-refractivity contribution in [2.45, 2.75) is 6.92 Å². The first-order valence-corrected chi connectivity index (χ1v) is 9.05. The van der Waals surface area contributed by atoms with Crippen molar-refractivity contribution in [1.29, 1.82) is 0 Å². The van der Waals surface area contributed by atoms with Crippen molar-refractivity contribution in [3.05, 3.63) is 77.9 Å². The topological polar surface area (TPSA) is 68.0 Å². The molecule has 0 unspecified atom stereocenters.